The van der Waals surface area contributed by atoms with Gasteiger partial charge in [-0.15, -0.1) is 0 Å². The highest BCUT2D eigenvalue weighted by Gasteiger charge is 2.54. The second kappa shape index (κ2) is 9.53. The van der Waals surface area contributed by atoms with Crippen molar-refractivity contribution in [3.05, 3.63) is 0 Å². The first-order valence-corrected chi connectivity index (χ1v) is 8.71. The summed E-state index contributed by atoms with van der Waals surface area (Å²) in [5.74, 6) is 0. The summed E-state index contributed by atoms with van der Waals surface area (Å²) < 4.78 is 21.8. The van der Waals surface area contributed by atoms with Gasteiger partial charge < -0.3 is 49.6 Å². The van der Waals surface area contributed by atoms with Gasteiger partial charge in [-0.2, -0.15) is 5.26 Å². The third-order valence-corrected chi connectivity index (χ3v) is 4.82. The molecule has 156 valence electrons. The van der Waals surface area contributed by atoms with Gasteiger partial charge in [0, 0.05) is 6.42 Å². The van der Waals surface area contributed by atoms with Crippen molar-refractivity contribution in [3.8, 4) is 6.07 Å². The molecule has 2 aliphatic rings. The van der Waals surface area contributed by atoms with Gasteiger partial charge in [0.05, 0.1) is 44.5 Å². The zero-order valence-corrected chi connectivity index (χ0v) is 14.9. The molecule has 27 heavy (non-hydrogen) atoms. The molecule has 0 bridgehead atoms. The molecule has 9 atom stereocenters. The Morgan fingerprint density at radius 1 is 1.07 bits per heavy atom. The van der Waals surface area contributed by atoms with E-state index in [1.165, 1.54) is 6.92 Å². The number of ether oxygens (including phenoxy) is 4. The lowest BCUT2D eigenvalue weighted by atomic mass is 9.87. The molecule has 0 spiro atoms. The van der Waals surface area contributed by atoms with Crippen LogP contribution in [0, 0.1) is 11.3 Å². The van der Waals surface area contributed by atoms with Crippen molar-refractivity contribution in [2.45, 2.75) is 74.6 Å². The third-order valence-electron chi connectivity index (χ3n) is 4.82. The fourth-order valence-corrected chi connectivity index (χ4v) is 3.18. The topological polar surface area (TPSA) is 182 Å². The molecular weight excluding hydrogens is 366 g/mol. The maximum absolute atomic E-state index is 10.6. The molecule has 2 rings (SSSR count). The average Bonchev–Trinajstić information content (AvgIpc) is 2.67. The first-order valence-electron chi connectivity index (χ1n) is 8.71. The molecule has 0 aliphatic carbocycles. The lowest BCUT2D eigenvalue weighted by molar-refractivity contribution is -0.372. The van der Waals surface area contributed by atoms with Crippen LogP contribution < -0.4 is 0 Å². The number of aliphatic hydroxyl groups excluding tert-OH is 6. The van der Waals surface area contributed by atoms with Crippen LogP contribution in [0.2, 0.25) is 0 Å². The Morgan fingerprint density at radius 3 is 2.37 bits per heavy atom. The SMILES string of the molecule is CC1OC(OC2(CO)CC(CO)O[C@@H](OCCC#N)C2O)C(O)C(O)[C@H]1O. The fourth-order valence-electron chi connectivity index (χ4n) is 3.18. The highest BCUT2D eigenvalue weighted by Crippen LogP contribution is 2.36. The van der Waals surface area contributed by atoms with E-state index in [-0.39, 0.29) is 19.4 Å². The molecule has 0 amide bonds. The molecule has 7 unspecified atom stereocenters. The molecule has 6 N–H and O–H groups in total. The van der Waals surface area contributed by atoms with Gasteiger partial charge in [-0.05, 0) is 6.92 Å². The number of nitrogens with zero attached hydrogens (tertiary/aromatic N) is 1. The van der Waals surface area contributed by atoms with Crippen LogP contribution in [0.15, 0.2) is 0 Å². The van der Waals surface area contributed by atoms with Gasteiger partial charge in [-0.1, -0.05) is 0 Å². The highest BCUT2D eigenvalue weighted by molar-refractivity contribution is 4.98. The van der Waals surface area contributed by atoms with E-state index in [0.717, 1.165) is 0 Å². The minimum Gasteiger partial charge on any atom is -0.394 e. The molecule has 2 aliphatic heterocycles. The van der Waals surface area contributed by atoms with Crippen molar-refractivity contribution >= 4 is 0 Å². The summed E-state index contributed by atoms with van der Waals surface area (Å²) in [5, 5.41) is 68.5. The monoisotopic (exact) mass is 393 g/mol. The number of hydrogen-bond acceptors (Lipinski definition) is 11. The molecule has 0 aromatic heterocycles. The Labute approximate surface area is 156 Å². The summed E-state index contributed by atoms with van der Waals surface area (Å²) in [5.41, 5.74) is -1.74. The molecule has 2 fully saturated rings. The normalized spacial score (nSPS) is 45.4. The maximum Gasteiger partial charge on any atom is 0.187 e. The molecule has 2 heterocycles. The predicted molar refractivity (Wildman–Crippen MR) is 85.8 cm³/mol. The van der Waals surface area contributed by atoms with Crippen molar-refractivity contribution in [2.75, 3.05) is 19.8 Å². The van der Waals surface area contributed by atoms with Crippen molar-refractivity contribution in [3.63, 3.8) is 0 Å². The number of aliphatic hydroxyl groups is 6. The minimum atomic E-state index is -1.74. The molecule has 2 saturated heterocycles. The van der Waals surface area contributed by atoms with Gasteiger partial charge >= 0.3 is 0 Å². The Morgan fingerprint density at radius 2 is 1.78 bits per heavy atom. The quantitative estimate of drug-likeness (QED) is 0.242. The van der Waals surface area contributed by atoms with E-state index in [1.54, 1.807) is 0 Å². The Bertz CT molecular complexity index is 516. The van der Waals surface area contributed by atoms with Gasteiger partial charge in [-0.25, -0.2) is 0 Å². The van der Waals surface area contributed by atoms with E-state index in [0.29, 0.717) is 0 Å². The van der Waals surface area contributed by atoms with Crippen LogP contribution in [0.3, 0.4) is 0 Å². The maximum atomic E-state index is 10.6. The number of nitriles is 1. The Hall–Kier alpha value is -0.910. The van der Waals surface area contributed by atoms with Gasteiger partial charge in [0.2, 0.25) is 0 Å². The molecule has 0 saturated carbocycles. The van der Waals surface area contributed by atoms with Crippen LogP contribution >= 0.6 is 0 Å². The molecule has 0 aromatic carbocycles. The Kier molecular flexibility index (Phi) is 7.90. The zero-order valence-electron chi connectivity index (χ0n) is 14.9. The van der Waals surface area contributed by atoms with Crippen LogP contribution in [0.25, 0.3) is 0 Å². The van der Waals surface area contributed by atoms with Crippen molar-refractivity contribution in [2.24, 2.45) is 0 Å². The van der Waals surface area contributed by atoms with Crippen LogP contribution in [0.1, 0.15) is 19.8 Å². The van der Waals surface area contributed by atoms with Crippen LogP contribution in [-0.2, 0) is 18.9 Å². The standard InChI is InChI=1S/C16H27NO10/c1-8-10(20)11(21)12(22)14(25-8)27-16(7-19)5-9(6-18)26-15(13(16)23)24-4-2-3-17/h8-15,18-23H,2,4-7H2,1H3/t8?,9?,10-,11?,12?,13?,14?,15+,16?/m0/s1. The summed E-state index contributed by atoms with van der Waals surface area (Å²) in [6.07, 6.45) is -10.7. The van der Waals surface area contributed by atoms with Crippen LogP contribution in [0.5, 0.6) is 0 Å². The van der Waals surface area contributed by atoms with E-state index in [9.17, 15) is 30.6 Å². The smallest absolute Gasteiger partial charge is 0.187 e. The lowest BCUT2D eigenvalue weighted by Gasteiger charge is -2.49. The van der Waals surface area contributed by atoms with E-state index in [1.807, 2.05) is 6.07 Å². The van der Waals surface area contributed by atoms with Crippen molar-refractivity contribution in [1.29, 1.82) is 5.26 Å². The highest BCUT2D eigenvalue weighted by atomic mass is 16.7. The van der Waals surface area contributed by atoms with Gasteiger partial charge in [-0.3, -0.25) is 0 Å². The van der Waals surface area contributed by atoms with E-state index < -0.39 is 68.0 Å². The minimum absolute atomic E-state index is 0.0371. The van der Waals surface area contributed by atoms with E-state index >= 15 is 0 Å². The second-order valence-corrected chi connectivity index (χ2v) is 6.76. The number of hydrogen-bond donors (Lipinski definition) is 6. The summed E-state index contributed by atoms with van der Waals surface area (Å²) in [7, 11) is 0. The van der Waals surface area contributed by atoms with Crippen LogP contribution in [0.4, 0.5) is 0 Å². The third kappa shape index (κ3) is 4.75. The van der Waals surface area contributed by atoms with Crippen molar-refractivity contribution < 1.29 is 49.6 Å². The van der Waals surface area contributed by atoms with Gasteiger partial charge in [0.1, 0.15) is 30.0 Å². The number of rotatable bonds is 7. The average molecular weight is 393 g/mol. The molecule has 11 nitrogen and oxygen atoms in total. The largest absolute Gasteiger partial charge is 0.394 e. The predicted octanol–water partition coefficient (Wildman–Crippen LogP) is -3.04. The van der Waals surface area contributed by atoms with Gasteiger partial charge in [0.15, 0.2) is 12.6 Å². The summed E-state index contributed by atoms with van der Waals surface area (Å²) in [4.78, 5) is 0. The second-order valence-electron chi connectivity index (χ2n) is 6.76. The van der Waals surface area contributed by atoms with Crippen molar-refractivity contribution in [1.82, 2.24) is 0 Å². The summed E-state index contributed by atoms with van der Waals surface area (Å²) in [6, 6.07) is 1.87. The summed E-state index contributed by atoms with van der Waals surface area (Å²) >= 11 is 0. The summed E-state index contributed by atoms with van der Waals surface area (Å²) in [6.45, 7) is 0.225. The lowest BCUT2D eigenvalue weighted by Crippen LogP contribution is -2.66. The zero-order chi connectivity index (χ0) is 20.2. The van der Waals surface area contributed by atoms with Crippen LogP contribution in [-0.4, -0.2) is 105 Å². The van der Waals surface area contributed by atoms with E-state index in [2.05, 4.69) is 0 Å². The molecule has 0 radical (unpaired) electrons. The first kappa shape index (κ1) is 22.4. The van der Waals surface area contributed by atoms with E-state index in [4.69, 9.17) is 24.2 Å². The van der Waals surface area contributed by atoms with Gasteiger partial charge in [0.25, 0.3) is 0 Å². The Balaban J connectivity index is 2.19. The fraction of sp³-hybridized carbons (Fsp3) is 0.938. The molecule has 11 heteroatoms. The molecule has 0 aromatic rings. The molecular formula is C16H27NO10. The first-order chi connectivity index (χ1) is 12.8.